The molecule has 1 amide bonds. The van der Waals surface area contributed by atoms with Gasteiger partial charge in [-0.1, -0.05) is 13.8 Å². The first-order valence-electron chi connectivity index (χ1n) is 3.99. The van der Waals surface area contributed by atoms with E-state index in [4.69, 9.17) is 0 Å². The van der Waals surface area contributed by atoms with Crippen LogP contribution in [-0.4, -0.2) is 23.5 Å². The highest BCUT2D eigenvalue weighted by Gasteiger charge is 2.06. The van der Waals surface area contributed by atoms with Crippen LogP contribution < -0.4 is 5.32 Å². The lowest BCUT2D eigenvalue weighted by Crippen LogP contribution is -2.33. The van der Waals surface area contributed by atoms with Gasteiger partial charge < -0.3 is 5.32 Å². The third kappa shape index (κ3) is 9.49. The molecule has 0 heterocycles. The zero-order valence-electron chi connectivity index (χ0n) is 8.05. The lowest BCUT2D eigenvalue weighted by Gasteiger charge is -2.03. The van der Waals surface area contributed by atoms with Crippen LogP contribution in [0.2, 0.25) is 0 Å². The number of amides is 1. The van der Waals surface area contributed by atoms with E-state index in [1.54, 1.807) is 6.92 Å². The number of thiol groups is 1. The average molecular weight is 191 g/mol. The second kappa shape index (κ2) is 8.59. The lowest BCUT2D eigenvalue weighted by molar-refractivity contribution is -0.123. The van der Waals surface area contributed by atoms with Gasteiger partial charge in [-0.05, 0) is 13.8 Å². The van der Waals surface area contributed by atoms with E-state index in [9.17, 15) is 9.59 Å². The highest BCUT2D eigenvalue weighted by Crippen LogP contribution is 1.90. The predicted octanol–water partition coefficient (Wildman–Crippen LogP) is 1.04. The molecule has 0 spiro atoms. The van der Waals surface area contributed by atoms with E-state index < -0.39 is 0 Å². The van der Waals surface area contributed by atoms with Crippen molar-refractivity contribution in [3.8, 4) is 0 Å². The van der Waals surface area contributed by atoms with Gasteiger partial charge in [-0.3, -0.25) is 9.59 Å². The summed E-state index contributed by atoms with van der Waals surface area (Å²) in [6.07, 6.45) is 0. The maximum absolute atomic E-state index is 10.7. The van der Waals surface area contributed by atoms with Crippen LogP contribution >= 0.6 is 12.6 Å². The zero-order chi connectivity index (χ0) is 10.1. The van der Waals surface area contributed by atoms with E-state index in [0.29, 0.717) is 0 Å². The number of carbonyl (C=O) groups excluding carboxylic acids is 2. The molecule has 0 aliphatic rings. The van der Waals surface area contributed by atoms with Gasteiger partial charge in [0.1, 0.15) is 5.78 Å². The molecule has 0 radical (unpaired) electrons. The third-order valence-corrected chi connectivity index (χ3v) is 1.13. The molecule has 72 valence electrons. The predicted molar refractivity (Wildman–Crippen MR) is 53.5 cm³/mol. The van der Waals surface area contributed by atoms with Gasteiger partial charge in [0.25, 0.3) is 0 Å². The molecule has 12 heavy (non-hydrogen) atoms. The van der Waals surface area contributed by atoms with Crippen molar-refractivity contribution in [1.82, 2.24) is 5.32 Å². The molecule has 0 rings (SSSR count). The highest BCUT2D eigenvalue weighted by molar-refractivity contribution is 7.81. The second-order valence-electron chi connectivity index (χ2n) is 2.10. The minimum atomic E-state index is -0.348. The van der Waals surface area contributed by atoms with E-state index in [1.165, 1.54) is 6.92 Å². The normalized spacial score (nSPS) is 10.8. The monoisotopic (exact) mass is 191 g/mol. The Morgan fingerprint density at radius 2 is 1.83 bits per heavy atom. The van der Waals surface area contributed by atoms with Gasteiger partial charge in [-0.2, -0.15) is 12.6 Å². The molecular weight excluding hydrogens is 174 g/mol. The maximum atomic E-state index is 10.7. The number of hydrogen-bond donors (Lipinski definition) is 2. The highest BCUT2D eigenvalue weighted by atomic mass is 32.1. The average Bonchev–Trinajstić information content (AvgIpc) is 2.03. The molecule has 0 aliphatic heterocycles. The molecule has 0 bridgehead atoms. The third-order valence-electron chi connectivity index (χ3n) is 0.891. The van der Waals surface area contributed by atoms with Gasteiger partial charge in [0.15, 0.2) is 0 Å². The number of carbonyl (C=O) groups is 2. The molecule has 1 atom stereocenters. The number of rotatable bonds is 3. The Morgan fingerprint density at radius 3 is 2.08 bits per heavy atom. The first-order valence-corrected chi connectivity index (χ1v) is 4.51. The van der Waals surface area contributed by atoms with Gasteiger partial charge in [0.2, 0.25) is 5.91 Å². The quantitative estimate of drug-likeness (QED) is 0.655. The van der Waals surface area contributed by atoms with Crippen LogP contribution in [0.4, 0.5) is 0 Å². The Bertz CT molecular complexity index is 146. The Morgan fingerprint density at radius 1 is 1.42 bits per heavy atom. The van der Waals surface area contributed by atoms with Crippen LogP contribution in [0.3, 0.4) is 0 Å². The molecule has 0 aromatic carbocycles. The summed E-state index contributed by atoms with van der Waals surface area (Å²) in [5.41, 5.74) is 0. The Kier molecular flexibility index (Phi) is 10.0. The fourth-order valence-corrected chi connectivity index (χ4v) is 0.451. The molecule has 0 saturated heterocycles. The van der Waals surface area contributed by atoms with Gasteiger partial charge in [0, 0.05) is 0 Å². The standard InChI is InChI=1S/C6H11NO2S.C2H6/c1-4(8)3-7-6(9)5(2)10;1-2/h5,10H,3H2,1-2H3,(H,7,9);1-2H3. The molecule has 3 nitrogen and oxygen atoms in total. The van der Waals surface area contributed by atoms with E-state index in [-0.39, 0.29) is 23.5 Å². The Hall–Kier alpha value is -0.510. The molecule has 0 aliphatic carbocycles. The van der Waals surface area contributed by atoms with Crippen molar-refractivity contribution in [2.24, 2.45) is 0 Å². The maximum Gasteiger partial charge on any atom is 0.232 e. The van der Waals surface area contributed by atoms with Crippen LogP contribution in [0.25, 0.3) is 0 Å². The summed E-state index contributed by atoms with van der Waals surface area (Å²) in [6, 6.07) is 0. The van der Waals surface area contributed by atoms with Gasteiger partial charge in [0.05, 0.1) is 11.8 Å². The van der Waals surface area contributed by atoms with Crippen molar-refractivity contribution in [2.75, 3.05) is 6.54 Å². The Balaban J connectivity index is 0. The SMILES string of the molecule is CC.CC(=O)CNC(=O)C(C)S. The molecule has 4 heteroatoms. The van der Waals surface area contributed by atoms with Gasteiger partial charge >= 0.3 is 0 Å². The number of ketones is 1. The fourth-order valence-electron chi connectivity index (χ4n) is 0.359. The van der Waals surface area contributed by atoms with Crippen LogP contribution in [0, 0.1) is 0 Å². The number of Topliss-reactive ketones (excluding diaryl/α,β-unsaturated/α-hetero) is 1. The molecule has 0 fully saturated rings. The van der Waals surface area contributed by atoms with Crippen LogP contribution in [0.5, 0.6) is 0 Å². The van der Waals surface area contributed by atoms with Gasteiger partial charge in [-0.25, -0.2) is 0 Å². The summed E-state index contributed by atoms with van der Waals surface area (Å²) in [6.45, 7) is 7.17. The second-order valence-corrected chi connectivity index (χ2v) is 2.87. The molecular formula is C8H17NO2S. The molecule has 0 saturated carbocycles. The van der Waals surface area contributed by atoms with Crippen molar-refractivity contribution < 1.29 is 9.59 Å². The molecule has 1 unspecified atom stereocenters. The first-order chi connectivity index (χ1) is 5.54. The van der Waals surface area contributed by atoms with Gasteiger partial charge in [-0.15, -0.1) is 0 Å². The lowest BCUT2D eigenvalue weighted by atomic mass is 10.4. The first kappa shape index (κ1) is 14.0. The number of hydrogen-bond acceptors (Lipinski definition) is 3. The van der Waals surface area contributed by atoms with E-state index >= 15 is 0 Å². The van der Waals surface area contributed by atoms with Crippen LogP contribution in [-0.2, 0) is 9.59 Å². The largest absolute Gasteiger partial charge is 0.348 e. The smallest absolute Gasteiger partial charge is 0.232 e. The fraction of sp³-hybridized carbons (Fsp3) is 0.750. The summed E-state index contributed by atoms with van der Waals surface area (Å²) >= 11 is 3.87. The number of nitrogens with one attached hydrogen (secondary N) is 1. The molecule has 0 aromatic heterocycles. The van der Waals surface area contributed by atoms with E-state index in [1.807, 2.05) is 13.8 Å². The summed E-state index contributed by atoms with van der Waals surface area (Å²) in [5, 5.41) is 2.07. The van der Waals surface area contributed by atoms with Crippen molar-refractivity contribution in [3.63, 3.8) is 0 Å². The van der Waals surface area contributed by atoms with Crippen molar-refractivity contribution in [1.29, 1.82) is 0 Å². The molecule has 1 N–H and O–H groups in total. The van der Waals surface area contributed by atoms with Crippen molar-refractivity contribution in [3.05, 3.63) is 0 Å². The van der Waals surface area contributed by atoms with E-state index in [2.05, 4.69) is 17.9 Å². The summed E-state index contributed by atoms with van der Waals surface area (Å²) in [7, 11) is 0. The van der Waals surface area contributed by atoms with Crippen molar-refractivity contribution in [2.45, 2.75) is 32.9 Å². The molecule has 0 aromatic rings. The van der Waals surface area contributed by atoms with E-state index in [0.717, 1.165) is 0 Å². The Labute approximate surface area is 79.3 Å². The summed E-state index contributed by atoms with van der Waals surface area (Å²) in [4.78, 5) is 21.0. The summed E-state index contributed by atoms with van der Waals surface area (Å²) < 4.78 is 0. The minimum absolute atomic E-state index is 0.0534. The minimum Gasteiger partial charge on any atom is -0.348 e. The van der Waals surface area contributed by atoms with Crippen molar-refractivity contribution >= 4 is 24.3 Å². The van der Waals surface area contributed by atoms with Crippen LogP contribution in [0.1, 0.15) is 27.7 Å². The summed E-state index contributed by atoms with van der Waals surface area (Å²) in [5.74, 6) is -0.263. The zero-order valence-corrected chi connectivity index (χ0v) is 8.94. The van der Waals surface area contributed by atoms with Crippen LogP contribution in [0.15, 0.2) is 0 Å². The topological polar surface area (TPSA) is 46.2 Å².